The lowest BCUT2D eigenvalue weighted by Crippen LogP contribution is -2.14. The first-order chi connectivity index (χ1) is 8.34. The summed E-state index contributed by atoms with van der Waals surface area (Å²) in [6, 6.07) is 2.58. The first kappa shape index (κ1) is 14.7. The van der Waals surface area contributed by atoms with Gasteiger partial charge in [0.2, 0.25) is 0 Å². The molecule has 0 unspecified atom stereocenters. The summed E-state index contributed by atoms with van der Waals surface area (Å²) in [5, 5.41) is 0. The van der Waals surface area contributed by atoms with Crippen LogP contribution in [0.3, 0.4) is 0 Å². The second-order valence-corrected chi connectivity index (χ2v) is 4.09. The minimum Gasteiger partial charge on any atom is -0.463 e. The van der Waals surface area contributed by atoms with E-state index in [1.54, 1.807) is 0 Å². The summed E-state index contributed by atoms with van der Waals surface area (Å²) in [6.45, 7) is 1.52. The van der Waals surface area contributed by atoms with Crippen LogP contribution in [0.4, 0.5) is 13.2 Å². The van der Waals surface area contributed by atoms with E-state index in [-0.39, 0.29) is 12.3 Å². The first-order valence-electron chi connectivity index (χ1n) is 4.92. The molecule has 3 nitrogen and oxygen atoms in total. The molecule has 0 atom stereocenters. The third-order valence-electron chi connectivity index (χ3n) is 1.86. The number of carbonyl (C=O) groups excluding carboxylic acids is 1. The molecule has 0 aliphatic rings. The fraction of sp³-hybridized carbons (Fsp3) is 0.273. The van der Waals surface area contributed by atoms with Crippen LogP contribution in [0, 0.1) is 0 Å². The van der Waals surface area contributed by atoms with Crippen molar-refractivity contribution in [2.45, 2.75) is 13.1 Å². The molecular weight excluding hydrogens is 315 g/mol. The molecule has 0 aliphatic heterocycles. The van der Waals surface area contributed by atoms with E-state index < -0.39 is 17.7 Å². The number of pyridine rings is 1. The molecular formula is C11H9BrF3NO2. The van der Waals surface area contributed by atoms with Crippen LogP contribution >= 0.6 is 15.9 Å². The van der Waals surface area contributed by atoms with Crippen molar-refractivity contribution in [3.8, 4) is 0 Å². The number of hydrogen-bond acceptors (Lipinski definition) is 3. The van der Waals surface area contributed by atoms with E-state index in [0.29, 0.717) is 10.5 Å². The molecule has 0 radical (unpaired) electrons. The molecule has 0 N–H and O–H groups in total. The summed E-state index contributed by atoms with van der Waals surface area (Å²) >= 11 is 3.07. The van der Waals surface area contributed by atoms with Crippen molar-refractivity contribution in [1.82, 2.24) is 4.98 Å². The Morgan fingerprint density at radius 1 is 1.50 bits per heavy atom. The van der Waals surface area contributed by atoms with Gasteiger partial charge in [0.05, 0.1) is 17.9 Å². The lowest BCUT2D eigenvalue weighted by Gasteiger charge is -2.10. The van der Waals surface area contributed by atoms with Gasteiger partial charge in [0.1, 0.15) is 0 Å². The highest BCUT2D eigenvalue weighted by Crippen LogP contribution is 2.33. The Morgan fingerprint density at radius 3 is 2.61 bits per heavy atom. The van der Waals surface area contributed by atoms with Crippen molar-refractivity contribution < 1.29 is 22.7 Å². The molecule has 0 aromatic carbocycles. The summed E-state index contributed by atoms with van der Waals surface area (Å²) in [4.78, 5) is 14.7. The monoisotopic (exact) mass is 323 g/mol. The number of halogens is 4. The van der Waals surface area contributed by atoms with Crippen LogP contribution in [-0.4, -0.2) is 23.7 Å². The van der Waals surface area contributed by atoms with Crippen LogP contribution in [0.25, 0.3) is 5.57 Å². The van der Waals surface area contributed by atoms with E-state index >= 15 is 0 Å². The zero-order valence-electron chi connectivity index (χ0n) is 9.29. The van der Waals surface area contributed by atoms with Crippen LogP contribution in [0.2, 0.25) is 0 Å². The Hall–Kier alpha value is -1.37. The number of carbonyl (C=O) groups is 1. The Labute approximate surface area is 110 Å². The lowest BCUT2D eigenvalue weighted by molar-refractivity contribution is -0.137. The van der Waals surface area contributed by atoms with Gasteiger partial charge in [-0.15, -0.1) is 0 Å². The van der Waals surface area contributed by atoms with Crippen LogP contribution in [0.15, 0.2) is 28.9 Å². The minimum absolute atomic E-state index is 0.00817. The fourth-order valence-corrected chi connectivity index (χ4v) is 1.37. The second kappa shape index (κ2) is 5.99. The van der Waals surface area contributed by atoms with Crippen LogP contribution in [-0.2, 0) is 9.53 Å². The summed E-state index contributed by atoms with van der Waals surface area (Å²) in [5.74, 6) is -1.05. The average molecular weight is 324 g/mol. The van der Waals surface area contributed by atoms with Crippen molar-refractivity contribution in [2.24, 2.45) is 0 Å². The highest BCUT2D eigenvalue weighted by atomic mass is 79.9. The zero-order valence-corrected chi connectivity index (χ0v) is 10.9. The van der Waals surface area contributed by atoms with E-state index in [2.05, 4.69) is 25.7 Å². The van der Waals surface area contributed by atoms with Crippen molar-refractivity contribution in [3.63, 3.8) is 0 Å². The molecule has 7 heteroatoms. The number of allylic oxidation sites excluding steroid dienone is 1. The minimum atomic E-state index is -4.67. The Kier molecular flexibility index (Phi) is 4.89. The summed E-state index contributed by atoms with van der Waals surface area (Å²) in [5.41, 5.74) is -1.47. The largest absolute Gasteiger partial charge is 0.463 e. The van der Waals surface area contributed by atoms with E-state index in [0.717, 1.165) is 0 Å². The zero-order chi connectivity index (χ0) is 13.8. The maximum Gasteiger partial charge on any atom is 0.418 e. The van der Waals surface area contributed by atoms with E-state index in [1.165, 1.54) is 25.3 Å². The quantitative estimate of drug-likeness (QED) is 0.632. The maximum atomic E-state index is 12.8. The van der Waals surface area contributed by atoms with Crippen molar-refractivity contribution in [2.75, 3.05) is 6.61 Å². The second-order valence-electron chi connectivity index (χ2n) is 3.17. The third kappa shape index (κ3) is 4.14. The average Bonchev–Trinajstić information content (AvgIpc) is 2.26. The SMILES string of the molecule is CCOC(=O)C=C(c1ccc(Br)cn1)C(F)(F)F. The molecule has 1 aromatic rings. The molecule has 0 aliphatic carbocycles. The van der Waals surface area contributed by atoms with E-state index in [4.69, 9.17) is 0 Å². The molecule has 0 fully saturated rings. The topological polar surface area (TPSA) is 39.2 Å². The Morgan fingerprint density at radius 2 is 2.17 bits per heavy atom. The number of alkyl halides is 3. The number of rotatable bonds is 3. The molecule has 0 bridgehead atoms. The molecule has 0 saturated heterocycles. The van der Waals surface area contributed by atoms with Gasteiger partial charge in [-0.05, 0) is 35.0 Å². The van der Waals surface area contributed by atoms with Crippen LogP contribution in [0.5, 0.6) is 0 Å². The van der Waals surface area contributed by atoms with Crippen molar-refractivity contribution in [3.05, 3.63) is 34.6 Å². The summed E-state index contributed by atoms with van der Waals surface area (Å²) < 4.78 is 43.3. The summed E-state index contributed by atoms with van der Waals surface area (Å²) in [6.07, 6.45) is -3.05. The van der Waals surface area contributed by atoms with E-state index in [9.17, 15) is 18.0 Å². The molecule has 0 amide bonds. The number of aromatic nitrogens is 1. The molecule has 18 heavy (non-hydrogen) atoms. The fourth-order valence-electron chi connectivity index (χ4n) is 1.14. The highest BCUT2D eigenvalue weighted by Gasteiger charge is 2.36. The smallest absolute Gasteiger partial charge is 0.418 e. The van der Waals surface area contributed by atoms with Crippen LogP contribution < -0.4 is 0 Å². The molecule has 1 heterocycles. The highest BCUT2D eigenvalue weighted by molar-refractivity contribution is 9.10. The summed E-state index contributed by atoms with van der Waals surface area (Å²) in [7, 11) is 0. The Balaban J connectivity index is 3.14. The molecule has 98 valence electrons. The molecule has 0 spiro atoms. The van der Waals surface area contributed by atoms with Gasteiger partial charge >= 0.3 is 12.1 Å². The number of ether oxygens (including phenoxy) is 1. The van der Waals surface area contributed by atoms with Gasteiger partial charge in [-0.25, -0.2) is 4.79 Å². The third-order valence-corrected chi connectivity index (χ3v) is 2.33. The molecule has 1 rings (SSSR count). The van der Waals surface area contributed by atoms with Gasteiger partial charge in [0, 0.05) is 16.7 Å². The van der Waals surface area contributed by atoms with Crippen molar-refractivity contribution in [1.29, 1.82) is 0 Å². The van der Waals surface area contributed by atoms with E-state index in [1.807, 2.05) is 0 Å². The van der Waals surface area contributed by atoms with Gasteiger partial charge in [-0.1, -0.05) is 0 Å². The van der Waals surface area contributed by atoms with Crippen molar-refractivity contribution >= 4 is 27.5 Å². The number of hydrogen-bond donors (Lipinski definition) is 0. The normalized spacial score (nSPS) is 12.4. The van der Waals surface area contributed by atoms with Crippen LogP contribution in [0.1, 0.15) is 12.6 Å². The maximum absolute atomic E-state index is 12.8. The Bertz CT molecular complexity index is 454. The van der Waals surface area contributed by atoms with Gasteiger partial charge in [-0.3, -0.25) is 4.98 Å². The lowest BCUT2D eigenvalue weighted by atomic mass is 10.1. The molecule has 1 aromatic heterocycles. The number of esters is 1. The first-order valence-corrected chi connectivity index (χ1v) is 5.71. The standard InChI is InChI=1S/C11H9BrF3NO2/c1-2-18-10(17)5-8(11(13,14)15)9-4-3-7(12)6-16-9/h3-6H,2H2,1H3. The van der Waals surface area contributed by atoms with Gasteiger partial charge < -0.3 is 4.74 Å². The van der Waals surface area contributed by atoms with Gasteiger partial charge in [0.25, 0.3) is 0 Å². The number of nitrogens with zero attached hydrogens (tertiary/aromatic N) is 1. The van der Waals surface area contributed by atoms with Gasteiger partial charge in [-0.2, -0.15) is 13.2 Å². The molecule has 0 saturated carbocycles. The van der Waals surface area contributed by atoms with Gasteiger partial charge in [0.15, 0.2) is 0 Å². The predicted octanol–water partition coefficient (Wildman–Crippen LogP) is 3.35. The predicted molar refractivity (Wildman–Crippen MR) is 62.6 cm³/mol.